The Balaban J connectivity index is 1.74. The minimum absolute atomic E-state index is 0.0441. The highest BCUT2D eigenvalue weighted by Gasteiger charge is 2.29. The standard InChI is InChI=1S/C19H22N2O2/c1-15-14-20(16-8-4-3-5-9-16)12-13-21(15)19(22)17-10-6-7-11-18(17)23-2/h3-11,15H,12-14H2,1-2H3. The minimum atomic E-state index is 0.0441. The van der Waals surface area contributed by atoms with E-state index < -0.39 is 0 Å². The number of anilines is 1. The van der Waals surface area contributed by atoms with E-state index in [2.05, 4.69) is 24.0 Å². The van der Waals surface area contributed by atoms with Gasteiger partial charge in [-0.15, -0.1) is 0 Å². The molecule has 2 aromatic rings. The van der Waals surface area contributed by atoms with Gasteiger partial charge in [0.2, 0.25) is 0 Å². The molecule has 0 spiro atoms. The molecule has 0 bridgehead atoms. The lowest BCUT2D eigenvalue weighted by atomic mass is 10.1. The Bertz CT molecular complexity index is 672. The zero-order chi connectivity index (χ0) is 16.2. The van der Waals surface area contributed by atoms with Crippen LogP contribution in [0, 0.1) is 0 Å². The molecule has 1 heterocycles. The summed E-state index contributed by atoms with van der Waals surface area (Å²) < 4.78 is 5.33. The Hall–Kier alpha value is -2.49. The van der Waals surface area contributed by atoms with Gasteiger partial charge in [0, 0.05) is 31.4 Å². The molecule has 120 valence electrons. The number of nitrogens with zero attached hydrogens (tertiary/aromatic N) is 2. The summed E-state index contributed by atoms with van der Waals surface area (Å²) in [7, 11) is 1.60. The molecule has 1 amide bonds. The summed E-state index contributed by atoms with van der Waals surface area (Å²) in [5, 5.41) is 0. The van der Waals surface area contributed by atoms with Gasteiger partial charge in [-0.2, -0.15) is 0 Å². The number of hydrogen-bond donors (Lipinski definition) is 0. The summed E-state index contributed by atoms with van der Waals surface area (Å²) in [5.74, 6) is 0.679. The third kappa shape index (κ3) is 3.16. The molecule has 1 aliphatic rings. The summed E-state index contributed by atoms with van der Waals surface area (Å²) in [5.41, 5.74) is 1.85. The van der Waals surface area contributed by atoms with Crippen LogP contribution in [0.1, 0.15) is 17.3 Å². The van der Waals surface area contributed by atoms with Crippen LogP contribution < -0.4 is 9.64 Å². The topological polar surface area (TPSA) is 32.8 Å². The first-order valence-electron chi connectivity index (χ1n) is 7.94. The first-order valence-corrected chi connectivity index (χ1v) is 7.94. The van der Waals surface area contributed by atoms with E-state index in [0.29, 0.717) is 17.9 Å². The SMILES string of the molecule is COc1ccccc1C(=O)N1CCN(c2ccccc2)CC1C. The van der Waals surface area contributed by atoms with Crippen LogP contribution in [0.15, 0.2) is 54.6 Å². The Morgan fingerprint density at radius 3 is 2.43 bits per heavy atom. The van der Waals surface area contributed by atoms with Gasteiger partial charge in [-0.05, 0) is 31.2 Å². The van der Waals surface area contributed by atoms with E-state index in [1.807, 2.05) is 47.4 Å². The zero-order valence-electron chi connectivity index (χ0n) is 13.6. The largest absolute Gasteiger partial charge is 0.496 e. The van der Waals surface area contributed by atoms with Gasteiger partial charge in [-0.3, -0.25) is 4.79 Å². The van der Waals surface area contributed by atoms with Gasteiger partial charge < -0.3 is 14.5 Å². The lowest BCUT2D eigenvalue weighted by molar-refractivity contribution is 0.0671. The summed E-state index contributed by atoms with van der Waals surface area (Å²) >= 11 is 0. The normalized spacial score (nSPS) is 17.9. The van der Waals surface area contributed by atoms with Crippen LogP contribution >= 0.6 is 0 Å². The third-order valence-corrected chi connectivity index (χ3v) is 4.35. The van der Waals surface area contributed by atoms with Crippen LogP contribution in [0.25, 0.3) is 0 Å². The average Bonchev–Trinajstić information content (AvgIpc) is 2.61. The van der Waals surface area contributed by atoms with Crippen molar-refractivity contribution in [3.05, 3.63) is 60.2 Å². The molecule has 1 unspecified atom stereocenters. The van der Waals surface area contributed by atoms with Crippen molar-refractivity contribution in [3.63, 3.8) is 0 Å². The number of ether oxygens (including phenoxy) is 1. The molecule has 1 atom stereocenters. The van der Waals surface area contributed by atoms with E-state index in [1.165, 1.54) is 5.69 Å². The summed E-state index contributed by atoms with van der Waals surface area (Å²) in [4.78, 5) is 17.1. The van der Waals surface area contributed by atoms with Crippen molar-refractivity contribution in [3.8, 4) is 5.75 Å². The molecule has 0 aromatic heterocycles. The lowest BCUT2D eigenvalue weighted by Gasteiger charge is -2.41. The van der Waals surface area contributed by atoms with E-state index in [-0.39, 0.29) is 11.9 Å². The quantitative estimate of drug-likeness (QED) is 0.873. The second-order valence-corrected chi connectivity index (χ2v) is 5.83. The number of amides is 1. The van der Waals surface area contributed by atoms with Crippen LogP contribution in [-0.4, -0.2) is 43.6 Å². The summed E-state index contributed by atoms with van der Waals surface area (Å²) in [6.45, 7) is 4.50. The van der Waals surface area contributed by atoms with Crippen LogP contribution in [0.5, 0.6) is 5.75 Å². The van der Waals surface area contributed by atoms with Crippen LogP contribution in [0.2, 0.25) is 0 Å². The first-order chi connectivity index (χ1) is 11.2. The molecule has 4 nitrogen and oxygen atoms in total. The second kappa shape index (κ2) is 6.73. The number of hydrogen-bond acceptors (Lipinski definition) is 3. The number of rotatable bonds is 3. The number of benzene rings is 2. The average molecular weight is 310 g/mol. The molecule has 1 aliphatic heterocycles. The Morgan fingerprint density at radius 1 is 1.04 bits per heavy atom. The molecular formula is C19H22N2O2. The fourth-order valence-corrected chi connectivity index (χ4v) is 3.11. The Labute approximate surface area is 137 Å². The van der Waals surface area contributed by atoms with Crippen LogP contribution in [0.3, 0.4) is 0 Å². The molecule has 1 saturated heterocycles. The number of carbonyl (C=O) groups excluding carboxylic acids is 1. The van der Waals surface area contributed by atoms with E-state index >= 15 is 0 Å². The molecule has 0 aliphatic carbocycles. The molecule has 0 saturated carbocycles. The molecule has 3 rings (SSSR count). The first kappa shape index (κ1) is 15.4. The van der Waals surface area contributed by atoms with Gasteiger partial charge in [-0.25, -0.2) is 0 Å². The van der Waals surface area contributed by atoms with Crippen molar-refractivity contribution >= 4 is 11.6 Å². The van der Waals surface area contributed by atoms with Gasteiger partial charge in [0.15, 0.2) is 0 Å². The van der Waals surface area contributed by atoms with Crippen molar-refractivity contribution in [1.29, 1.82) is 0 Å². The van der Waals surface area contributed by atoms with Crippen molar-refractivity contribution in [1.82, 2.24) is 4.90 Å². The monoisotopic (exact) mass is 310 g/mol. The highest BCUT2D eigenvalue weighted by Crippen LogP contribution is 2.24. The van der Waals surface area contributed by atoms with Crippen molar-refractivity contribution in [2.75, 3.05) is 31.6 Å². The predicted octanol–water partition coefficient (Wildman–Crippen LogP) is 3.05. The Kier molecular flexibility index (Phi) is 4.51. The third-order valence-electron chi connectivity index (χ3n) is 4.35. The van der Waals surface area contributed by atoms with Gasteiger partial charge in [-0.1, -0.05) is 30.3 Å². The smallest absolute Gasteiger partial charge is 0.257 e. The van der Waals surface area contributed by atoms with Crippen molar-refractivity contribution < 1.29 is 9.53 Å². The highest BCUT2D eigenvalue weighted by atomic mass is 16.5. The highest BCUT2D eigenvalue weighted by molar-refractivity contribution is 5.97. The number of methoxy groups -OCH3 is 1. The number of para-hydroxylation sites is 2. The minimum Gasteiger partial charge on any atom is -0.496 e. The van der Waals surface area contributed by atoms with E-state index in [4.69, 9.17) is 4.74 Å². The number of carbonyl (C=O) groups is 1. The molecule has 23 heavy (non-hydrogen) atoms. The number of piperazine rings is 1. The maximum atomic E-state index is 12.9. The maximum Gasteiger partial charge on any atom is 0.257 e. The lowest BCUT2D eigenvalue weighted by Crippen LogP contribution is -2.54. The fraction of sp³-hybridized carbons (Fsp3) is 0.316. The van der Waals surface area contributed by atoms with Gasteiger partial charge in [0.25, 0.3) is 5.91 Å². The maximum absolute atomic E-state index is 12.9. The van der Waals surface area contributed by atoms with E-state index in [1.54, 1.807) is 7.11 Å². The van der Waals surface area contributed by atoms with Crippen molar-refractivity contribution in [2.24, 2.45) is 0 Å². The van der Waals surface area contributed by atoms with Crippen LogP contribution in [0.4, 0.5) is 5.69 Å². The van der Waals surface area contributed by atoms with E-state index in [9.17, 15) is 4.79 Å². The van der Waals surface area contributed by atoms with Gasteiger partial charge in [0.05, 0.1) is 12.7 Å². The fourth-order valence-electron chi connectivity index (χ4n) is 3.11. The molecular weight excluding hydrogens is 288 g/mol. The van der Waals surface area contributed by atoms with Gasteiger partial charge in [0.1, 0.15) is 5.75 Å². The van der Waals surface area contributed by atoms with E-state index in [0.717, 1.165) is 13.1 Å². The van der Waals surface area contributed by atoms with Crippen molar-refractivity contribution in [2.45, 2.75) is 13.0 Å². The zero-order valence-corrected chi connectivity index (χ0v) is 13.6. The van der Waals surface area contributed by atoms with Crippen LogP contribution in [-0.2, 0) is 0 Å². The molecule has 4 heteroatoms. The predicted molar refractivity (Wildman–Crippen MR) is 92.1 cm³/mol. The van der Waals surface area contributed by atoms with Gasteiger partial charge >= 0.3 is 0 Å². The second-order valence-electron chi connectivity index (χ2n) is 5.83. The molecule has 0 radical (unpaired) electrons. The molecule has 1 fully saturated rings. The Morgan fingerprint density at radius 2 is 1.74 bits per heavy atom. The molecule has 0 N–H and O–H groups in total. The summed E-state index contributed by atoms with van der Waals surface area (Å²) in [6.07, 6.45) is 0. The molecule has 2 aromatic carbocycles. The summed E-state index contributed by atoms with van der Waals surface area (Å²) in [6, 6.07) is 17.9.